The van der Waals surface area contributed by atoms with Crippen molar-refractivity contribution in [1.29, 1.82) is 0 Å². The van der Waals surface area contributed by atoms with E-state index in [2.05, 4.69) is 22.1 Å². The van der Waals surface area contributed by atoms with E-state index in [1.54, 1.807) is 23.3 Å². The molecule has 0 saturated heterocycles. The van der Waals surface area contributed by atoms with Crippen LogP contribution < -0.4 is 4.74 Å². The van der Waals surface area contributed by atoms with Crippen LogP contribution in [0.3, 0.4) is 0 Å². The Bertz CT molecular complexity index is 1100. The lowest BCUT2D eigenvalue weighted by Gasteiger charge is -2.19. The molecule has 28 heavy (non-hydrogen) atoms. The quantitative estimate of drug-likeness (QED) is 0.463. The van der Waals surface area contributed by atoms with Gasteiger partial charge in [-0.2, -0.15) is 0 Å². The van der Waals surface area contributed by atoms with Crippen molar-refractivity contribution < 1.29 is 9.53 Å². The largest absolute Gasteiger partial charge is 0.497 e. The molecular weight excluding hydrogens is 368 g/mol. The Morgan fingerprint density at radius 2 is 1.82 bits per heavy atom. The van der Waals surface area contributed by atoms with Gasteiger partial charge in [-0.05, 0) is 40.8 Å². The summed E-state index contributed by atoms with van der Waals surface area (Å²) in [6.07, 6.45) is 0. The molecule has 0 N–H and O–H groups in total. The van der Waals surface area contributed by atoms with Gasteiger partial charge in [0.1, 0.15) is 11.4 Å². The van der Waals surface area contributed by atoms with Crippen LogP contribution in [0, 0.1) is 0 Å². The van der Waals surface area contributed by atoms with Crippen molar-refractivity contribution >= 4 is 27.5 Å². The van der Waals surface area contributed by atoms with Gasteiger partial charge in [0.15, 0.2) is 0 Å². The zero-order valence-corrected chi connectivity index (χ0v) is 16.8. The smallest absolute Gasteiger partial charge is 0.270 e. The summed E-state index contributed by atoms with van der Waals surface area (Å²) in [7, 11) is 3.52. The molecule has 0 aliphatic carbocycles. The molecule has 0 saturated carbocycles. The molecule has 142 valence electrons. The fourth-order valence-corrected chi connectivity index (χ4v) is 4.22. The molecule has 4 nitrogen and oxygen atoms in total. The topological polar surface area (TPSA) is 34.5 Å². The Kier molecular flexibility index (Phi) is 5.17. The maximum Gasteiger partial charge on any atom is 0.270 e. The lowest BCUT2D eigenvalue weighted by molar-refractivity contribution is 0.0775. The molecular formula is C23H22N2O2S. The second kappa shape index (κ2) is 7.90. The highest BCUT2D eigenvalue weighted by atomic mass is 32.1. The first kappa shape index (κ1) is 18.3. The second-order valence-corrected chi connectivity index (χ2v) is 7.73. The number of carbonyl (C=O) groups is 1. The van der Waals surface area contributed by atoms with Gasteiger partial charge in [0.05, 0.1) is 17.3 Å². The second-order valence-electron chi connectivity index (χ2n) is 6.78. The first-order valence-electron chi connectivity index (χ1n) is 9.15. The standard InChI is InChI=1S/C23H22N2O2S/c1-24(15-17-7-4-3-5-8-17)23(26)21-14-22-20(11-12-28-22)25(21)16-18-9-6-10-19(13-18)27-2/h3-14H,15-16H2,1-2H3. The first-order valence-corrected chi connectivity index (χ1v) is 10.0. The summed E-state index contributed by atoms with van der Waals surface area (Å²) in [6.45, 7) is 1.20. The zero-order chi connectivity index (χ0) is 19.5. The van der Waals surface area contributed by atoms with Crippen molar-refractivity contribution in [3.63, 3.8) is 0 Å². The normalized spacial score (nSPS) is 10.9. The molecule has 2 heterocycles. The third kappa shape index (κ3) is 3.66. The summed E-state index contributed by atoms with van der Waals surface area (Å²) in [4.78, 5) is 15.0. The lowest BCUT2D eigenvalue weighted by atomic mass is 10.2. The van der Waals surface area contributed by atoms with E-state index >= 15 is 0 Å². The number of aromatic nitrogens is 1. The Labute approximate surface area is 168 Å². The van der Waals surface area contributed by atoms with Crippen LogP contribution in [0.25, 0.3) is 10.2 Å². The Morgan fingerprint density at radius 3 is 2.61 bits per heavy atom. The zero-order valence-electron chi connectivity index (χ0n) is 16.0. The average molecular weight is 391 g/mol. The number of carbonyl (C=O) groups excluding carboxylic acids is 1. The summed E-state index contributed by atoms with van der Waals surface area (Å²) in [5, 5.41) is 2.06. The number of hydrogen-bond acceptors (Lipinski definition) is 3. The molecule has 0 aliphatic heterocycles. The van der Waals surface area contributed by atoms with E-state index in [0.29, 0.717) is 18.8 Å². The fraction of sp³-hybridized carbons (Fsp3) is 0.174. The minimum Gasteiger partial charge on any atom is -0.497 e. The summed E-state index contributed by atoms with van der Waals surface area (Å²) in [5.74, 6) is 0.843. The lowest BCUT2D eigenvalue weighted by Crippen LogP contribution is -2.28. The number of ether oxygens (including phenoxy) is 1. The number of thiophene rings is 1. The molecule has 2 aromatic heterocycles. The van der Waals surface area contributed by atoms with E-state index in [4.69, 9.17) is 4.74 Å². The number of hydrogen-bond donors (Lipinski definition) is 0. The SMILES string of the molecule is COc1cccc(Cn2c(C(=O)N(C)Cc3ccccc3)cc3sccc32)c1. The van der Waals surface area contributed by atoms with Gasteiger partial charge in [0.25, 0.3) is 5.91 Å². The van der Waals surface area contributed by atoms with Crippen molar-refractivity contribution in [1.82, 2.24) is 9.47 Å². The van der Waals surface area contributed by atoms with Crippen molar-refractivity contribution in [2.75, 3.05) is 14.2 Å². The molecule has 0 aliphatic rings. The van der Waals surface area contributed by atoms with Crippen LogP contribution in [-0.2, 0) is 13.1 Å². The predicted octanol–water partition coefficient (Wildman–Crippen LogP) is 5.03. The Balaban J connectivity index is 1.66. The molecule has 0 fully saturated rings. The molecule has 0 radical (unpaired) electrons. The molecule has 0 spiro atoms. The van der Waals surface area contributed by atoms with E-state index < -0.39 is 0 Å². The monoisotopic (exact) mass is 390 g/mol. The van der Waals surface area contributed by atoms with Gasteiger partial charge in [0, 0.05) is 20.1 Å². The first-order chi connectivity index (χ1) is 13.7. The third-order valence-electron chi connectivity index (χ3n) is 4.83. The number of amides is 1. The van der Waals surface area contributed by atoms with Gasteiger partial charge in [0.2, 0.25) is 0 Å². The minimum atomic E-state index is 0.0233. The van der Waals surface area contributed by atoms with Crippen molar-refractivity contribution in [3.05, 3.63) is 88.9 Å². The molecule has 2 aromatic carbocycles. The number of fused-ring (bicyclic) bond motifs is 1. The number of methoxy groups -OCH3 is 1. The molecule has 0 bridgehead atoms. The number of rotatable bonds is 6. The molecule has 5 heteroatoms. The van der Waals surface area contributed by atoms with Gasteiger partial charge < -0.3 is 14.2 Å². The number of nitrogens with zero attached hydrogens (tertiary/aromatic N) is 2. The highest BCUT2D eigenvalue weighted by Gasteiger charge is 2.20. The maximum absolute atomic E-state index is 13.2. The molecule has 4 rings (SSSR count). The van der Waals surface area contributed by atoms with Crippen LogP contribution in [0.2, 0.25) is 0 Å². The van der Waals surface area contributed by atoms with Crippen molar-refractivity contribution in [3.8, 4) is 5.75 Å². The predicted molar refractivity (Wildman–Crippen MR) is 114 cm³/mol. The van der Waals surface area contributed by atoms with E-state index in [1.165, 1.54) is 0 Å². The third-order valence-corrected chi connectivity index (χ3v) is 5.68. The van der Waals surface area contributed by atoms with Crippen LogP contribution in [0.15, 0.2) is 72.1 Å². The van der Waals surface area contributed by atoms with Crippen LogP contribution in [-0.4, -0.2) is 29.5 Å². The molecule has 1 amide bonds. The van der Waals surface area contributed by atoms with E-state index in [0.717, 1.165) is 27.1 Å². The molecule has 0 atom stereocenters. The van der Waals surface area contributed by atoms with Crippen LogP contribution >= 0.6 is 11.3 Å². The summed E-state index contributed by atoms with van der Waals surface area (Å²) in [5.41, 5.74) is 4.02. The number of benzene rings is 2. The van der Waals surface area contributed by atoms with E-state index in [1.807, 2.05) is 61.6 Å². The molecule has 4 aromatic rings. The van der Waals surface area contributed by atoms with Gasteiger partial charge >= 0.3 is 0 Å². The van der Waals surface area contributed by atoms with Crippen LogP contribution in [0.4, 0.5) is 0 Å². The van der Waals surface area contributed by atoms with E-state index in [9.17, 15) is 4.79 Å². The highest BCUT2D eigenvalue weighted by Crippen LogP contribution is 2.28. The Hall–Kier alpha value is -3.05. The molecule has 0 unspecified atom stereocenters. The van der Waals surface area contributed by atoms with Crippen LogP contribution in [0.5, 0.6) is 5.75 Å². The van der Waals surface area contributed by atoms with Gasteiger partial charge in [-0.25, -0.2) is 0 Å². The van der Waals surface area contributed by atoms with Gasteiger partial charge in [-0.1, -0.05) is 42.5 Å². The summed E-state index contributed by atoms with van der Waals surface area (Å²) in [6, 6.07) is 22.1. The average Bonchev–Trinajstić information content (AvgIpc) is 3.31. The van der Waals surface area contributed by atoms with Gasteiger partial charge in [-0.3, -0.25) is 4.79 Å². The van der Waals surface area contributed by atoms with Gasteiger partial charge in [-0.15, -0.1) is 11.3 Å². The summed E-state index contributed by atoms with van der Waals surface area (Å²) < 4.78 is 8.57. The summed E-state index contributed by atoms with van der Waals surface area (Å²) >= 11 is 1.66. The maximum atomic E-state index is 13.2. The minimum absolute atomic E-state index is 0.0233. The Morgan fingerprint density at radius 1 is 1.04 bits per heavy atom. The van der Waals surface area contributed by atoms with E-state index in [-0.39, 0.29) is 5.91 Å². The fourth-order valence-electron chi connectivity index (χ4n) is 3.40. The van der Waals surface area contributed by atoms with Crippen molar-refractivity contribution in [2.24, 2.45) is 0 Å². The van der Waals surface area contributed by atoms with Crippen molar-refractivity contribution in [2.45, 2.75) is 13.1 Å². The van der Waals surface area contributed by atoms with Crippen LogP contribution in [0.1, 0.15) is 21.6 Å². The highest BCUT2D eigenvalue weighted by molar-refractivity contribution is 7.17.